The average molecular weight is 511 g/mol. The second-order valence-corrected chi connectivity index (χ2v) is 9.48. The Hall–Kier alpha value is -3.89. The van der Waals surface area contributed by atoms with Gasteiger partial charge in [-0.2, -0.15) is 0 Å². The first kappa shape index (κ1) is 26.2. The van der Waals surface area contributed by atoms with Gasteiger partial charge in [-0.15, -0.1) is 0 Å². The quantitative estimate of drug-likeness (QED) is 0.274. The number of benzene rings is 4. The molecule has 0 bridgehead atoms. The van der Waals surface area contributed by atoms with E-state index >= 15 is 0 Å². The first-order chi connectivity index (χ1) is 18.1. The lowest BCUT2D eigenvalue weighted by Gasteiger charge is -2.32. The molecular weight excluding hydrogens is 480 g/mol. The van der Waals surface area contributed by atoms with Crippen LogP contribution in [0.3, 0.4) is 0 Å². The largest absolute Gasteiger partial charge is 0.354 e. The standard InChI is InChI=1S/C32H31ClN2O2/c33-29-18-16-28(17-19-29)24-35(31(36)23-27-14-8-3-9-15-27)30(22-26-12-6-2-7-13-26)32(37)34-21-20-25-10-4-1-5-11-25/h1-19,30H,20-24H2,(H,34,37). The lowest BCUT2D eigenvalue weighted by Crippen LogP contribution is -2.51. The molecule has 0 aliphatic heterocycles. The normalized spacial score (nSPS) is 11.5. The lowest BCUT2D eigenvalue weighted by molar-refractivity contribution is -0.140. The molecule has 1 unspecified atom stereocenters. The zero-order valence-electron chi connectivity index (χ0n) is 20.7. The lowest BCUT2D eigenvalue weighted by atomic mass is 10.0. The number of nitrogens with one attached hydrogen (secondary N) is 1. The van der Waals surface area contributed by atoms with Gasteiger partial charge in [0.15, 0.2) is 0 Å². The van der Waals surface area contributed by atoms with Crippen molar-refractivity contribution in [2.45, 2.75) is 31.8 Å². The number of amides is 2. The Morgan fingerprint density at radius 3 is 1.81 bits per heavy atom. The van der Waals surface area contributed by atoms with E-state index in [-0.39, 0.29) is 18.2 Å². The Kier molecular flexibility index (Phi) is 9.50. The van der Waals surface area contributed by atoms with Crippen molar-refractivity contribution >= 4 is 23.4 Å². The van der Waals surface area contributed by atoms with Gasteiger partial charge in [0.25, 0.3) is 0 Å². The fraction of sp³-hybridized carbons (Fsp3) is 0.188. The third-order valence-electron chi connectivity index (χ3n) is 6.29. The zero-order chi connectivity index (χ0) is 25.9. The summed E-state index contributed by atoms with van der Waals surface area (Å²) in [4.78, 5) is 29.1. The summed E-state index contributed by atoms with van der Waals surface area (Å²) in [6.07, 6.45) is 1.36. The Labute approximate surface area is 223 Å². The number of halogens is 1. The number of hydrogen-bond donors (Lipinski definition) is 1. The Morgan fingerprint density at radius 1 is 0.676 bits per heavy atom. The summed E-state index contributed by atoms with van der Waals surface area (Å²) in [6.45, 7) is 0.808. The van der Waals surface area contributed by atoms with Crippen molar-refractivity contribution in [3.63, 3.8) is 0 Å². The van der Waals surface area contributed by atoms with Gasteiger partial charge in [-0.25, -0.2) is 0 Å². The van der Waals surface area contributed by atoms with Crippen LogP contribution in [0.25, 0.3) is 0 Å². The van der Waals surface area contributed by atoms with Gasteiger partial charge in [-0.05, 0) is 40.8 Å². The van der Waals surface area contributed by atoms with Crippen LogP contribution < -0.4 is 5.32 Å². The molecule has 4 nitrogen and oxygen atoms in total. The Balaban J connectivity index is 1.59. The number of hydrogen-bond acceptors (Lipinski definition) is 2. The summed E-state index contributed by atoms with van der Waals surface area (Å²) in [6, 6.07) is 36.3. The van der Waals surface area contributed by atoms with Gasteiger partial charge in [-0.1, -0.05) is 115 Å². The predicted octanol–water partition coefficient (Wildman–Crippen LogP) is 5.88. The van der Waals surface area contributed by atoms with Gasteiger partial charge in [-0.3, -0.25) is 9.59 Å². The van der Waals surface area contributed by atoms with Crippen molar-refractivity contribution in [1.29, 1.82) is 0 Å². The number of rotatable bonds is 11. The molecule has 0 radical (unpaired) electrons. The fourth-order valence-corrected chi connectivity index (χ4v) is 4.43. The van der Waals surface area contributed by atoms with Gasteiger partial charge < -0.3 is 10.2 Å². The molecule has 0 aromatic heterocycles. The highest BCUT2D eigenvalue weighted by Crippen LogP contribution is 2.18. The maximum atomic E-state index is 13.7. The van der Waals surface area contributed by atoms with E-state index < -0.39 is 6.04 Å². The second-order valence-electron chi connectivity index (χ2n) is 9.04. The molecule has 4 aromatic carbocycles. The van der Waals surface area contributed by atoms with Crippen molar-refractivity contribution < 1.29 is 9.59 Å². The molecule has 0 fully saturated rings. The SMILES string of the molecule is O=C(NCCc1ccccc1)C(Cc1ccccc1)N(Cc1ccc(Cl)cc1)C(=O)Cc1ccccc1. The highest BCUT2D eigenvalue weighted by molar-refractivity contribution is 6.30. The molecule has 0 heterocycles. The molecule has 0 aliphatic rings. The first-order valence-electron chi connectivity index (χ1n) is 12.5. The van der Waals surface area contributed by atoms with Gasteiger partial charge in [0, 0.05) is 24.5 Å². The number of carbonyl (C=O) groups is 2. The summed E-state index contributed by atoms with van der Waals surface area (Å²) in [7, 11) is 0. The van der Waals surface area contributed by atoms with Crippen LogP contribution in [0.15, 0.2) is 115 Å². The first-order valence-corrected chi connectivity index (χ1v) is 12.9. The molecule has 4 aromatic rings. The minimum absolute atomic E-state index is 0.0970. The van der Waals surface area contributed by atoms with E-state index in [0.717, 1.165) is 28.7 Å². The molecule has 0 saturated carbocycles. The van der Waals surface area contributed by atoms with E-state index in [0.29, 0.717) is 24.5 Å². The van der Waals surface area contributed by atoms with Gasteiger partial charge in [0.05, 0.1) is 6.42 Å². The molecule has 2 amide bonds. The second kappa shape index (κ2) is 13.4. The van der Waals surface area contributed by atoms with Crippen LogP contribution >= 0.6 is 11.6 Å². The van der Waals surface area contributed by atoms with E-state index in [1.807, 2.05) is 115 Å². The van der Waals surface area contributed by atoms with Crippen molar-refractivity contribution in [2.75, 3.05) is 6.54 Å². The zero-order valence-corrected chi connectivity index (χ0v) is 21.5. The van der Waals surface area contributed by atoms with E-state index in [9.17, 15) is 9.59 Å². The molecule has 1 N–H and O–H groups in total. The van der Waals surface area contributed by atoms with E-state index in [1.165, 1.54) is 0 Å². The third kappa shape index (κ3) is 8.06. The molecule has 37 heavy (non-hydrogen) atoms. The number of carbonyl (C=O) groups excluding carboxylic acids is 2. The fourth-order valence-electron chi connectivity index (χ4n) is 4.31. The smallest absolute Gasteiger partial charge is 0.243 e. The van der Waals surface area contributed by atoms with Crippen LogP contribution in [0.4, 0.5) is 0 Å². The van der Waals surface area contributed by atoms with E-state index in [1.54, 1.807) is 4.90 Å². The van der Waals surface area contributed by atoms with Gasteiger partial charge >= 0.3 is 0 Å². The highest BCUT2D eigenvalue weighted by Gasteiger charge is 2.30. The van der Waals surface area contributed by atoms with Crippen LogP contribution in [-0.4, -0.2) is 29.3 Å². The minimum Gasteiger partial charge on any atom is -0.354 e. The summed E-state index contributed by atoms with van der Waals surface area (Å²) in [5, 5.41) is 3.72. The average Bonchev–Trinajstić information content (AvgIpc) is 2.93. The monoisotopic (exact) mass is 510 g/mol. The third-order valence-corrected chi connectivity index (χ3v) is 6.54. The van der Waals surface area contributed by atoms with Crippen molar-refractivity contribution in [1.82, 2.24) is 10.2 Å². The van der Waals surface area contributed by atoms with Crippen LogP contribution in [0.5, 0.6) is 0 Å². The molecule has 5 heteroatoms. The van der Waals surface area contributed by atoms with Crippen molar-refractivity contribution in [3.8, 4) is 0 Å². The van der Waals surface area contributed by atoms with E-state index in [2.05, 4.69) is 5.32 Å². The van der Waals surface area contributed by atoms with E-state index in [4.69, 9.17) is 11.6 Å². The molecule has 1 atom stereocenters. The van der Waals surface area contributed by atoms with Crippen LogP contribution in [-0.2, 0) is 35.4 Å². The molecular formula is C32H31ClN2O2. The predicted molar refractivity (Wildman–Crippen MR) is 149 cm³/mol. The topological polar surface area (TPSA) is 49.4 Å². The molecule has 0 saturated heterocycles. The van der Waals surface area contributed by atoms with Gasteiger partial charge in [0.2, 0.25) is 11.8 Å². The maximum absolute atomic E-state index is 13.7. The number of nitrogens with zero attached hydrogens (tertiary/aromatic N) is 1. The Bertz CT molecular complexity index is 1260. The maximum Gasteiger partial charge on any atom is 0.243 e. The molecule has 0 spiro atoms. The van der Waals surface area contributed by atoms with Gasteiger partial charge in [0.1, 0.15) is 6.04 Å². The summed E-state index contributed by atoms with van der Waals surface area (Å²) in [5.41, 5.74) is 3.98. The van der Waals surface area contributed by atoms with Crippen molar-refractivity contribution in [3.05, 3.63) is 143 Å². The van der Waals surface area contributed by atoms with Crippen LogP contribution in [0.2, 0.25) is 5.02 Å². The van der Waals surface area contributed by atoms with Crippen LogP contribution in [0.1, 0.15) is 22.3 Å². The summed E-state index contributed by atoms with van der Waals surface area (Å²) < 4.78 is 0. The molecule has 0 aliphatic carbocycles. The summed E-state index contributed by atoms with van der Waals surface area (Å²) in [5.74, 6) is -0.254. The van der Waals surface area contributed by atoms with Crippen molar-refractivity contribution in [2.24, 2.45) is 0 Å². The minimum atomic E-state index is -0.662. The summed E-state index contributed by atoms with van der Waals surface area (Å²) >= 11 is 6.10. The van der Waals surface area contributed by atoms with Crippen LogP contribution in [0, 0.1) is 0 Å². The molecule has 188 valence electrons. The molecule has 4 rings (SSSR count). The highest BCUT2D eigenvalue weighted by atomic mass is 35.5. The Morgan fingerprint density at radius 2 is 1.22 bits per heavy atom.